The van der Waals surface area contributed by atoms with Gasteiger partial charge in [0.15, 0.2) is 0 Å². The van der Waals surface area contributed by atoms with Gasteiger partial charge in [-0.1, -0.05) is 60.7 Å². The maximum atomic E-state index is 14.8. The van der Waals surface area contributed by atoms with Crippen LogP contribution in [0.3, 0.4) is 0 Å². The first kappa shape index (κ1) is 21.2. The quantitative estimate of drug-likeness (QED) is 0.316. The van der Waals surface area contributed by atoms with E-state index in [0.717, 1.165) is 28.1 Å². The third kappa shape index (κ3) is 3.74. The molecule has 158 valence electrons. The fourth-order valence-electron chi connectivity index (χ4n) is 4.02. The summed E-state index contributed by atoms with van der Waals surface area (Å²) in [4.78, 5) is 0. The van der Waals surface area contributed by atoms with Crippen molar-refractivity contribution in [3.8, 4) is 5.75 Å². The Labute approximate surface area is 183 Å². The third-order valence-corrected chi connectivity index (χ3v) is 7.84. The van der Waals surface area contributed by atoms with Gasteiger partial charge in [-0.25, -0.2) is 0 Å². The predicted molar refractivity (Wildman–Crippen MR) is 129 cm³/mol. The van der Waals surface area contributed by atoms with E-state index in [4.69, 9.17) is 9.26 Å². The van der Waals surface area contributed by atoms with Crippen molar-refractivity contribution in [2.24, 2.45) is 0 Å². The van der Waals surface area contributed by atoms with Crippen molar-refractivity contribution in [2.45, 2.75) is 13.3 Å². The molecule has 3 aromatic carbocycles. The monoisotopic (exact) mass is 431 g/mol. The normalized spacial score (nSPS) is 17.9. The first-order valence-corrected chi connectivity index (χ1v) is 11.9. The molecule has 0 bridgehead atoms. The van der Waals surface area contributed by atoms with E-state index in [0.29, 0.717) is 24.1 Å². The summed E-state index contributed by atoms with van der Waals surface area (Å²) < 4.78 is 28.2. The highest BCUT2D eigenvalue weighted by Crippen LogP contribution is 2.61. The zero-order valence-corrected chi connectivity index (χ0v) is 18.7. The number of ether oxygens (including phenoxy) is 1. The van der Waals surface area contributed by atoms with Crippen LogP contribution in [0, 0.1) is 0 Å². The molecule has 1 unspecified atom stereocenters. The molecular formula is C26H26NO3P. The number of rotatable bonds is 7. The van der Waals surface area contributed by atoms with Crippen LogP contribution in [0.5, 0.6) is 5.75 Å². The van der Waals surface area contributed by atoms with E-state index in [9.17, 15) is 4.57 Å². The number of para-hydroxylation sites is 1. The van der Waals surface area contributed by atoms with Crippen LogP contribution in [-0.4, -0.2) is 13.7 Å². The van der Waals surface area contributed by atoms with Gasteiger partial charge in [0.25, 0.3) is 0 Å². The second-order valence-corrected chi connectivity index (χ2v) is 9.34. The molecule has 0 radical (unpaired) electrons. The molecule has 0 spiro atoms. The summed E-state index contributed by atoms with van der Waals surface area (Å²) >= 11 is 0. The van der Waals surface area contributed by atoms with Gasteiger partial charge >= 0.3 is 7.52 Å². The van der Waals surface area contributed by atoms with Gasteiger partial charge in [0, 0.05) is 5.69 Å². The topological polar surface area (TPSA) is 38.8 Å². The fraction of sp³-hybridized carbons (Fsp3) is 0.154. The molecule has 0 saturated heterocycles. The van der Waals surface area contributed by atoms with Crippen molar-refractivity contribution >= 4 is 29.8 Å². The Morgan fingerprint density at radius 3 is 2.29 bits per heavy atom. The number of allylic oxidation sites excluding steroid dienone is 2. The van der Waals surface area contributed by atoms with E-state index in [-0.39, 0.29) is 0 Å². The summed E-state index contributed by atoms with van der Waals surface area (Å²) in [5.41, 5.74) is 4.62. The van der Waals surface area contributed by atoms with Crippen LogP contribution >= 0.6 is 7.52 Å². The molecule has 0 saturated carbocycles. The summed E-state index contributed by atoms with van der Waals surface area (Å²) in [6.07, 6.45) is 2.51. The standard InChI is InChI=1S/C26H26NO3P/c1-4-12-24-23-18-17-22(29-3)19-25(23)31(28,30-5-2)27(21-15-10-7-11-16-21)26(24)20-13-8-6-9-14-20/h4,6-11,13-19H,1,5,12H2,2-3H3. The third-order valence-electron chi connectivity index (χ3n) is 5.30. The minimum absolute atomic E-state index is 0.316. The Kier molecular flexibility index (Phi) is 6.13. The first-order valence-electron chi connectivity index (χ1n) is 10.3. The van der Waals surface area contributed by atoms with Gasteiger partial charge in [0.1, 0.15) is 5.75 Å². The highest BCUT2D eigenvalue weighted by atomic mass is 31.2. The SMILES string of the molecule is C=CCC1=C(c2ccccc2)N(c2ccccc2)P(=O)(OCC)c2cc(OC)ccc21. The van der Waals surface area contributed by atoms with Crippen LogP contribution in [0.2, 0.25) is 0 Å². The largest absolute Gasteiger partial charge is 0.497 e. The van der Waals surface area contributed by atoms with Crippen molar-refractivity contribution in [1.29, 1.82) is 0 Å². The molecule has 0 aromatic heterocycles. The maximum Gasteiger partial charge on any atom is 0.331 e. The molecule has 0 fully saturated rings. The van der Waals surface area contributed by atoms with Crippen molar-refractivity contribution < 1.29 is 13.8 Å². The summed E-state index contributed by atoms with van der Waals surface area (Å²) in [5.74, 6) is 0.646. The molecule has 0 N–H and O–H groups in total. The average molecular weight is 431 g/mol. The summed E-state index contributed by atoms with van der Waals surface area (Å²) in [7, 11) is -1.88. The lowest BCUT2D eigenvalue weighted by molar-refractivity contribution is 0.340. The molecule has 0 amide bonds. The number of hydrogen-bond donors (Lipinski definition) is 0. The van der Waals surface area contributed by atoms with Gasteiger partial charge in [-0.15, -0.1) is 6.58 Å². The van der Waals surface area contributed by atoms with Gasteiger partial charge < -0.3 is 9.26 Å². The highest BCUT2D eigenvalue weighted by Gasteiger charge is 2.44. The molecule has 1 aliphatic heterocycles. The molecule has 0 aliphatic carbocycles. The Morgan fingerprint density at radius 1 is 1.00 bits per heavy atom. The van der Waals surface area contributed by atoms with Crippen LogP contribution < -0.4 is 14.7 Å². The van der Waals surface area contributed by atoms with Gasteiger partial charge in [-0.05, 0) is 54.3 Å². The van der Waals surface area contributed by atoms with Crippen LogP contribution in [0.25, 0.3) is 11.3 Å². The molecule has 1 heterocycles. The smallest absolute Gasteiger partial charge is 0.331 e. The number of methoxy groups -OCH3 is 1. The van der Waals surface area contributed by atoms with Gasteiger partial charge in [0.05, 0.1) is 24.7 Å². The van der Waals surface area contributed by atoms with E-state index in [1.165, 1.54) is 0 Å². The number of benzene rings is 3. The van der Waals surface area contributed by atoms with E-state index in [2.05, 4.69) is 6.58 Å². The van der Waals surface area contributed by atoms with Crippen molar-refractivity contribution in [2.75, 3.05) is 18.4 Å². The molecular weight excluding hydrogens is 405 g/mol. The van der Waals surface area contributed by atoms with E-state index >= 15 is 0 Å². The molecule has 31 heavy (non-hydrogen) atoms. The fourth-order valence-corrected chi connectivity index (χ4v) is 6.58. The lowest BCUT2D eigenvalue weighted by atomic mass is 9.95. The highest BCUT2D eigenvalue weighted by molar-refractivity contribution is 7.69. The molecule has 4 nitrogen and oxygen atoms in total. The van der Waals surface area contributed by atoms with Crippen molar-refractivity contribution in [3.05, 3.63) is 103 Å². The zero-order chi connectivity index (χ0) is 21.8. The number of nitrogens with zero attached hydrogens (tertiary/aromatic N) is 1. The van der Waals surface area contributed by atoms with Crippen LogP contribution in [0.15, 0.2) is 91.5 Å². The first-order chi connectivity index (χ1) is 15.1. The van der Waals surface area contributed by atoms with Gasteiger partial charge in [-0.2, -0.15) is 0 Å². The van der Waals surface area contributed by atoms with Crippen molar-refractivity contribution in [3.63, 3.8) is 0 Å². The Morgan fingerprint density at radius 2 is 1.68 bits per heavy atom. The minimum atomic E-state index is -3.50. The van der Waals surface area contributed by atoms with Crippen LogP contribution in [0.1, 0.15) is 24.5 Å². The number of hydrogen-bond acceptors (Lipinski definition) is 3. The van der Waals surface area contributed by atoms with Crippen LogP contribution in [-0.2, 0) is 9.09 Å². The van der Waals surface area contributed by atoms with Crippen LogP contribution in [0.4, 0.5) is 5.69 Å². The average Bonchev–Trinajstić information content (AvgIpc) is 2.81. The molecule has 4 rings (SSSR count). The molecule has 5 heteroatoms. The summed E-state index contributed by atoms with van der Waals surface area (Å²) in [6, 6.07) is 25.5. The zero-order valence-electron chi connectivity index (χ0n) is 17.8. The number of fused-ring (bicyclic) bond motifs is 1. The molecule has 1 atom stereocenters. The number of anilines is 1. The predicted octanol–water partition coefficient (Wildman–Crippen LogP) is 6.51. The van der Waals surface area contributed by atoms with Gasteiger partial charge in [0.2, 0.25) is 0 Å². The van der Waals surface area contributed by atoms with Crippen molar-refractivity contribution in [1.82, 2.24) is 0 Å². The Hall–Kier alpha value is -3.07. The lowest BCUT2D eigenvalue weighted by Crippen LogP contribution is -2.33. The van der Waals surface area contributed by atoms with E-state index in [1.807, 2.05) is 96.5 Å². The second-order valence-electron chi connectivity index (χ2n) is 7.15. The van der Waals surface area contributed by atoms with Gasteiger partial charge in [-0.3, -0.25) is 9.24 Å². The Bertz CT molecular complexity index is 1160. The molecule has 1 aliphatic rings. The summed E-state index contributed by atoms with van der Waals surface area (Å²) in [5, 5.41) is 0.647. The Balaban J connectivity index is 2.13. The van der Waals surface area contributed by atoms with E-state index < -0.39 is 7.52 Å². The minimum Gasteiger partial charge on any atom is -0.497 e. The summed E-state index contributed by atoms with van der Waals surface area (Å²) in [6.45, 7) is 6.17. The molecule has 3 aromatic rings. The lowest BCUT2D eigenvalue weighted by Gasteiger charge is -2.40. The second kappa shape index (κ2) is 8.97. The maximum absolute atomic E-state index is 14.8. The van der Waals surface area contributed by atoms with E-state index in [1.54, 1.807) is 7.11 Å².